The lowest BCUT2D eigenvalue weighted by Crippen LogP contribution is -2.38. The van der Waals surface area contributed by atoms with Crippen LogP contribution in [0.1, 0.15) is 30.4 Å². The smallest absolute Gasteiger partial charge is 0.226 e. The molecule has 0 aromatic heterocycles. The summed E-state index contributed by atoms with van der Waals surface area (Å²) in [5, 5.41) is 6.52. The van der Waals surface area contributed by atoms with Crippen molar-refractivity contribution in [2.24, 2.45) is 4.99 Å². The van der Waals surface area contributed by atoms with E-state index in [1.165, 1.54) is 6.07 Å². The molecule has 1 heterocycles. The van der Waals surface area contributed by atoms with Crippen molar-refractivity contribution in [3.05, 3.63) is 65.5 Å². The molecule has 0 unspecified atom stereocenters. The molecule has 1 saturated heterocycles. The van der Waals surface area contributed by atoms with E-state index in [1.54, 1.807) is 19.2 Å². The monoisotopic (exact) mass is 382 g/mol. The van der Waals surface area contributed by atoms with Crippen LogP contribution in [0.4, 0.5) is 10.1 Å². The van der Waals surface area contributed by atoms with Crippen molar-refractivity contribution >= 4 is 17.6 Å². The van der Waals surface area contributed by atoms with Gasteiger partial charge in [-0.25, -0.2) is 4.39 Å². The summed E-state index contributed by atoms with van der Waals surface area (Å²) < 4.78 is 13.2. The van der Waals surface area contributed by atoms with Crippen molar-refractivity contribution < 1.29 is 9.18 Å². The van der Waals surface area contributed by atoms with Gasteiger partial charge < -0.3 is 15.5 Å². The van der Waals surface area contributed by atoms with Crippen LogP contribution >= 0.6 is 0 Å². The van der Waals surface area contributed by atoms with Crippen molar-refractivity contribution in [3.63, 3.8) is 0 Å². The predicted octanol–water partition coefficient (Wildman–Crippen LogP) is 3.25. The number of rotatable bonds is 6. The first-order valence-corrected chi connectivity index (χ1v) is 9.74. The van der Waals surface area contributed by atoms with Crippen molar-refractivity contribution in [2.45, 2.75) is 32.2 Å². The molecule has 0 radical (unpaired) electrons. The van der Waals surface area contributed by atoms with Crippen LogP contribution in [0.25, 0.3) is 0 Å². The zero-order valence-electron chi connectivity index (χ0n) is 16.2. The topological polar surface area (TPSA) is 56.7 Å². The summed E-state index contributed by atoms with van der Waals surface area (Å²) in [5.41, 5.74) is 3.03. The average molecular weight is 382 g/mol. The number of aliphatic imine (C=N–C) groups is 1. The molecule has 3 rings (SSSR count). The first kappa shape index (κ1) is 19.9. The van der Waals surface area contributed by atoms with E-state index >= 15 is 0 Å². The molecule has 0 aliphatic carbocycles. The van der Waals surface area contributed by atoms with Crippen molar-refractivity contribution in [2.75, 3.05) is 25.0 Å². The highest BCUT2D eigenvalue weighted by atomic mass is 19.1. The predicted molar refractivity (Wildman–Crippen MR) is 111 cm³/mol. The summed E-state index contributed by atoms with van der Waals surface area (Å²) in [6, 6.07) is 14.7. The number of carbonyl (C=O) groups is 1. The van der Waals surface area contributed by atoms with Gasteiger partial charge in [-0.15, -0.1) is 0 Å². The van der Waals surface area contributed by atoms with Crippen LogP contribution in [0.15, 0.2) is 53.5 Å². The summed E-state index contributed by atoms with van der Waals surface area (Å²) in [7, 11) is 1.72. The molecule has 0 atom stereocenters. The molecule has 148 valence electrons. The summed E-state index contributed by atoms with van der Waals surface area (Å²) in [5.74, 6) is 0.696. The van der Waals surface area contributed by atoms with Gasteiger partial charge in [-0.2, -0.15) is 0 Å². The largest absolute Gasteiger partial charge is 0.356 e. The SMILES string of the molecule is CN=C(NCCc1cccc(F)c1)NCc1ccc(N2CCCCC2=O)cc1. The number of piperidine rings is 1. The zero-order chi connectivity index (χ0) is 19.8. The van der Waals surface area contributed by atoms with Gasteiger partial charge in [0, 0.05) is 38.8 Å². The second-order valence-electron chi connectivity index (χ2n) is 6.90. The highest BCUT2D eigenvalue weighted by Crippen LogP contribution is 2.21. The number of anilines is 1. The number of amides is 1. The quantitative estimate of drug-likeness (QED) is 0.596. The molecule has 1 aliphatic heterocycles. The number of guanidine groups is 1. The molecule has 2 aromatic carbocycles. The number of nitrogens with one attached hydrogen (secondary N) is 2. The third kappa shape index (κ3) is 5.55. The minimum Gasteiger partial charge on any atom is -0.356 e. The molecule has 1 fully saturated rings. The molecule has 2 N–H and O–H groups in total. The molecule has 0 saturated carbocycles. The number of hydrogen-bond donors (Lipinski definition) is 2. The molecule has 1 amide bonds. The molecule has 28 heavy (non-hydrogen) atoms. The lowest BCUT2D eigenvalue weighted by atomic mass is 10.1. The Kier molecular flexibility index (Phi) is 7.00. The molecule has 0 spiro atoms. The second-order valence-corrected chi connectivity index (χ2v) is 6.90. The third-order valence-corrected chi connectivity index (χ3v) is 4.85. The number of carbonyl (C=O) groups excluding carboxylic acids is 1. The van der Waals surface area contributed by atoms with Gasteiger partial charge in [0.1, 0.15) is 5.82 Å². The molecule has 5 nitrogen and oxygen atoms in total. The van der Waals surface area contributed by atoms with Crippen molar-refractivity contribution in [3.8, 4) is 0 Å². The van der Waals surface area contributed by atoms with Gasteiger partial charge >= 0.3 is 0 Å². The van der Waals surface area contributed by atoms with Gasteiger partial charge in [-0.3, -0.25) is 9.79 Å². The third-order valence-electron chi connectivity index (χ3n) is 4.85. The Bertz CT molecular complexity index is 820. The first-order chi connectivity index (χ1) is 13.7. The van der Waals surface area contributed by atoms with Crippen LogP contribution in [-0.2, 0) is 17.8 Å². The molecular weight excluding hydrogens is 355 g/mol. The minimum absolute atomic E-state index is 0.208. The van der Waals surface area contributed by atoms with E-state index < -0.39 is 0 Å². The number of nitrogens with zero attached hydrogens (tertiary/aromatic N) is 2. The lowest BCUT2D eigenvalue weighted by Gasteiger charge is -2.26. The summed E-state index contributed by atoms with van der Waals surface area (Å²) in [6.07, 6.45) is 3.41. The van der Waals surface area contributed by atoms with Gasteiger partial charge in [-0.05, 0) is 54.7 Å². The molecule has 6 heteroatoms. The van der Waals surface area contributed by atoms with E-state index in [0.717, 1.165) is 42.6 Å². The van der Waals surface area contributed by atoms with E-state index in [4.69, 9.17) is 0 Å². The Morgan fingerprint density at radius 3 is 2.64 bits per heavy atom. The fourth-order valence-corrected chi connectivity index (χ4v) is 3.30. The minimum atomic E-state index is -0.213. The number of benzene rings is 2. The van der Waals surface area contributed by atoms with Gasteiger partial charge in [0.05, 0.1) is 0 Å². The van der Waals surface area contributed by atoms with Gasteiger partial charge in [0.15, 0.2) is 5.96 Å². The maximum atomic E-state index is 13.2. The van der Waals surface area contributed by atoms with E-state index in [1.807, 2.05) is 35.2 Å². The van der Waals surface area contributed by atoms with E-state index in [-0.39, 0.29) is 11.7 Å². The van der Waals surface area contributed by atoms with Crippen LogP contribution in [0.2, 0.25) is 0 Å². The normalized spacial score (nSPS) is 14.9. The second kappa shape index (κ2) is 9.88. The van der Waals surface area contributed by atoms with Crippen LogP contribution in [-0.4, -0.2) is 32.0 Å². The van der Waals surface area contributed by atoms with Gasteiger partial charge in [-0.1, -0.05) is 24.3 Å². The summed E-state index contributed by atoms with van der Waals surface area (Å²) in [4.78, 5) is 18.1. The van der Waals surface area contributed by atoms with E-state index in [2.05, 4.69) is 15.6 Å². The highest BCUT2D eigenvalue weighted by Gasteiger charge is 2.19. The van der Waals surface area contributed by atoms with Crippen LogP contribution in [0.3, 0.4) is 0 Å². The van der Waals surface area contributed by atoms with Crippen LogP contribution < -0.4 is 15.5 Å². The Morgan fingerprint density at radius 1 is 1.11 bits per heavy atom. The highest BCUT2D eigenvalue weighted by molar-refractivity contribution is 5.93. The molecule has 1 aliphatic rings. The van der Waals surface area contributed by atoms with Crippen molar-refractivity contribution in [1.29, 1.82) is 0 Å². The molecular formula is C22H27FN4O. The Labute approximate surface area is 165 Å². The molecule has 2 aromatic rings. The van der Waals surface area contributed by atoms with Gasteiger partial charge in [0.2, 0.25) is 5.91 Å². The zero-order valence-corrected chi connectivity index (χ0v) is 16.2. The maximum Gasteiger partial charge on any atom is 0.226 e. The maximum absolute atomic E-state index is 13.2. The van der Waals surface area contributed by atoms with E-state index in [0.29, 0.717) is 25.5 Å². The summed E-state index contributed by atoms with van der Waals surface area (Å²) >= 11 is 0. The Hall–Kier alpha value is -2.89. The Balaban J connectivity index is 1.46. The average Bonchev–Trinajstić information content (AvgIpc) is 2.71. The fourth-order valence-electron chi connectivity index (χ4n) is 3.30. The first-order valence-electron chi connectivity index (χ1n) is 9.74. The number of hydrogen-bond acceptors (Lipinski definition) is 2. The van der Waals surface area contributed by atoms with Crippen LogP contribution in [0, 0.1) is 5.82 Å². The lowest BCUT2D eigenvalue weighted by molar-refractivity contribution is -0.119. The number of halogens is 1. The summed E-state index contributed by atoms with van der Waals surface area (Å²) in [6.45, 7) is 2.10. The van der Waals surface area contributed by atoms with Gasteiger partial charge in [0.25, 0.3) is 0 Å². The fraction of sp³-hybridized carbons (Fsp3) is 0.364. The molecule has 0 bridgehead atoms. The van der Waals surface area contributed by atoms with Crippen LogP contribution in [0.5, 0.6) is 0 Å². The van der Waals surface area contributed by atoms with E-state index in [9.17, 15) is 9.18 Å². The Morgan fingerprint density at radius 2 is 1.93 bits per heavy atom. The standard InChI is InChI=1S/C22H27FN4O/c1-24-22(25-13-12-17-5-4-6-19(23)15-17)26-16-18-8-10-20(11-9-18)27-14-3-2-7-21(27)28/h4-6,8-11,15H,2-3,7,12-14,16H2,1H3,(H2,24,25,26). The van der Waals surface area contributed by atoms with Crippen molar-refractivity contribution in [1.82, 2.24) is 10.6 Å².